The van der Waals surface area contributed by atoms with Crippen molar-refractivity contribution in [3.05, 3.63) is 52.3 Å². The molecule has 0 saturated carbocycles. The molecule has 148 valence electrons. The minimum absolute atomic E-state index is 0.0333. The minimum atomic E-state index is -5.24. The molecule has 0 aromatic heterocycles. The Morgan fingerprint density at radius 3 is 2.15 bits per heavy atom. The van der Waals surface area contributed by atoms with E-state index in [1.54, 1.807) is 0 Å². The van der Waals surface area contributed by atoms with Crippen molar-refractivity contribution in [3.63, 3.8) is 0 Å². The van der Waals surface area contributed by atoms with E-state index in [0.29, 0.717) is 24.3 Å². The number of hydrogen-bond donors (Lipinski definition) is 1. The molecule has 2 rings (SSSR count). The van der Waals surface area contributed by atoms with Crippen LogP contribution in [0.3, 0.4) is 0 Å². The Kier molecular flexibility index (Phi) is 5.66. The summed E-state index contributed by atoms with van der Waals surface area (Å²) in [4.78, 5) is -1.06. The van der Waals surface area contributed by atoms with Gasteiger partial charge in [-0.2, -0.15) is 13.2 Å². The van der Waals surface area contributed by atoms with Crippen LogP contribution in [0.1, 0.15) is 5.56 Å². The lowest BCUT2D eigenvalue weighted by Gasteiger charge is -2.16. The van der Waals surface area contributed by atoms with Gasteiger partial charge in [0.2, 0.25) is 0 Å². The van der Waals surface area contributed by atoms with Gasteiger partial charge in [-0.15, -0.1) is 13.2 Å². The second-order valence-electron chi connectivity index (χ2n) is 4.94. The molecule has 0 unspecified atom stereocenters. The molecule has 0 aliphatic heterocycles. The SMILES string of the molecule is O=S(=O)(Nc1cc(C(F)(F)F)ccc1F)c1ccc(Br)cc1OC(F)(F)F. The van der Waals surface area contributed by atoms with Crippen LogP contribution in [0.2, 0.25) is 0 Å². The van der Waals surface area contributed by atoms with Crippen molar-refractivity contribution in [3.8, 4) is 5.75 Å². The summed E-state index contributed by atoms with van der Waals surface area (Å²) in [6, 6.07) is 3.38. The van der Waals surface area contributed by atoms with Crippen molar-refractivity contribution >= 4 is 31.6 Å². The molecule has 0 aliphatic carbocycles. The van der Waals surface area contributed by atoms with E-state index in [1.165, 1.54) is 4.72 Å². The molecule has 0 aliphatic rings. The van der Waals surface area contributed by atoms with E-state index in [4.69, 9.17) is 0 Å². The maximum absolute atomic E-state index is 13.7. The van der Waals surface area contributed by atoms with Crippen LogP contribution < -0.4 is 9.46 Å². The van der Waals surface area contributed by atoms with Crippen LogP contribution in [0.4, 0.5) is 36.4 Å². The lowest BCUT2D eigenvalue weighted by Crippen LogP contribution is -2.21. The number of halogens is 8. The van der Waals surface area contributed by atoms with Crippen molar-refractivity contribution in [1.82, 2.24) is 0 Å². The number of rotatable bonds is 4. The fourth-order valence-electron chi connectivity index (χ4n) is 1.89. The summed E-state index contributed by atoms with van der Waals surface area (Å²) in [6.07, 6.45) is -10.1. The number of anilines is 1. The largest absolute Gasteiger partial charge is 0.573 e. The first-order valence-corrected chi connectivity index (χ1v) is 8.91. The Balaban J connectivity index is 2.49. The third-order valence-corrected chi connectivity index (χ3v) is 4.86. The summed E-state index contributed by atoms with van der Waals surface area (Å²) >= 11 is 2.83. The summed E-state index contributed by atoms with van der Waals surface area (Å²) in [5.41, 5.74) is -2.45. The van der Waals surface area contributed by atoms with Crippen LogP contribution in [-0.4, -0.2) is 14.8 Å². The zero-order valence-electron chi connectivity index (χ0n) is 12.6. The molecule has 0 amide bonds. The van der Waals surface area contributed by atoms with E-state index in [9.17, 15) is 39.2 Å². The predicted molar refractivity (Wildman–Crippen MR) is 83.0 cm³/mol. The number of hydrogen-bond acceptors (Lipinski definition) is 3. The highest BCUT2D eigenvalue weighted by Crippen LogP contribution is 2.35. The normalized spacial score (nSPS) is 12.7. The number of nitrogens with one attached hydrogen (secondary N) is 1. The van der Waals surface area contributed by atoms with Crippen molar-refractivity contribution in [2.75, 3.05) is 4.72 Å². The summed E-state index contributed by atoms with van der Waals surface area (Å²) in [5, 5.41) is 0. The topological polar surface area (TPSA) is 55.4 Å². The molecule has 2 aromatic carbocycles. The van der Waals surface area contributed by atoms with E-state index in [-0.39, 0.29) is 10.5 Å². The van der Waals surface area contributed by atoms with E-state index in [1.807, 2.05) is 0 Å². The Morgan fingerprint density at radius 1 is 0.963 bits per heavy atom. The smallest absolute Gasteiger partial charge is 0.404 e. The molecule has 0 spiro atoms. The summed E-state index contributed by atoms with van der Waals surface area (Å²) in [5.74, 6) is -2.52. The Bertz CT molecular complexity index is 958. The van der Waals surface area contributed by atoms with Gasteiger partial charge in [0.1, 0.15) is 10.7 Å². The molecule has 0 atom stereocenters. The maximum Gasteiger partial charge on any atom is 0.573 e. The lowest BCUT2D eigenvalue weighted by atomic mass is 10.2. The van der Waals surface area contributed by atoms with Crippen molar-refractivity contribution in [2.24, 2.45) is 0 Å². The first-order chi connectivity index (χ1) is 12.2. The number of sulfonamides is 1. The van der Waals surface area contributed by atoms with Gasteiger partial charge in [-0.25, -0.2) is 12.8 Å². The minimum Gasteiger partial charge on any atom is -0.404 e. The highest BCUT2D eigenvalue weighted by Gasteiger charge is 2.35. The highest BCUT2D eigenvalue weighted by atomic mass is 79.9. The van der Waals surface area contributed by atoms with Crippen LogP contribution in [0.15, 0.2) is 45.8 Å². The molecular formula is C14H7BrF7NO3S. The van der Waals surface area contributed by atoms with E-state index >= 15 is 0 Å². The number of ether oxygens (including phenoxy) is 1. The van der Waals surface area contributed by atoms with Crippen LogP contribution in [0.25, 0.3) is 0 Å². The van der Waals surface area contributed by atoms with Gasteiger partial charge in [-0.05, 0) is 36.4 Å². The van der Waals surface area contributed by atoms with Gasteiger partial charge in [-0.3, -0.25) is 4.72 Å². The molecule has 0 heterocycles. The van der Waals surface area contributed by atoms with Crippen LogP contribution >= 0.6 is 15.9 Å². The quantitative estimate of drug-likeness (QED) is 0.602. The zero-order valence-corrected chi connectivity index (χ0v) is 15.0. The zero-order chi connectivity index (χ0) is 20.6. The summed E-state index contributed by atoms with van der Waals surface area (Å²) in [6.45, 7) is 0. The second-order valence-corrected chi connectivity index (χ2v) is 7.50. The maximum atomic E-state index is 13.7. The van der Waals surface area contributed by atoms with E-state index in [2.05, 4.69) is 20.7 Å². The monoisotopic (exact) mass is 481 g/mol. The number of benzene rings is 2. The van der Waals surface area contributed by atoms with Gasteiger partial charge in [0.15, 0.2) is 5.75 Å². The van der Waals surface area contributed by atoms with E-state index in [0.717, 1.165) is 6.07 Å². The van der Waals surface area contributed by atoms with Crippen LogP contribution in [-0.2, 0) is 16.2 Å². The average molecular weight is 482 g/mol. The van der Waals surface area contributed by atoms with Gasteiger partial charge in [-0.1, -0.05) is 15.9 Å². The fourth-order valence-corrected chi connectivity index (χ4v) is 3.40. The average Bonchev–Trinajstić information content (AvgIpc) is 2.46. The first-order valence-electron chi connectivity index (χ1n) is 6.64. The van der Waals surface area contributed by atoms with Crippen molar-refractivity contribution in [2.45, 2.75) is 17.4 Å². The molecule has 0 radical (unpaired) electrons. The lowest BCUT2D eigenvalue weighted by molar-refractivity contribution is -0.275. The Morgan fingerprint density at radius 2 is 1.59 bits per heavy atom. The van der Waals surface area contributed by atoms with Crippen molar-refractivity contribution in [1.29, 1.82) is 0 Å². The molecule has 0 fully saturated rings. The predicted octanol–water partition coefficient (Wildman–Crippen LogP) is 5.31. The molecule has 0 bridgehead atoms. The standard InChI is InChI=1S/C14H7BrF7NO3S/c15-8-2-4-12(11(6-8)26-14(20,21)22)27(24,25)23-10-5-7(13(17,18)19)1-3-9(10)16/h1-6,23H. The molecule has 13 heteroatoms. The first kappa shape index (κ1) is 21.3. The van der Waals surface area contributed by atoms with Gasteiger partial charge in [0.05, 0.1) is 11.3 Å². The number of alkyl halides is 6. The van der Waals surface area contributed by atoms with Gasteiger partial charge < -0.3 is 4.74 Å². The van der Waals surface area contributed by atoms with Gasteiger partial charge in [0, 0.05) is 4.47 Å². The molecule has 4 nitrogen and oxygen atoms in total. The highest BCUT2D eigenvalue weighted by molar-refractivity contribution is 9.10. The molecular weight excluding hydrogens is 475 g/mol. The fraction of sp³-hybridized carbons (Fsp3) is 0.143. The molecule has 2 aromatic rings. The summed E-state index contributed by atoms with van der Waals surface area (Å²) < 4.78 is 119. The second kappa shape index (κ2) is 7.19. The summed E-state index contributed by atoms with van der Waals surface area (Å²) in [7, 11) is -4.92. The van der Waals surface area contributed by atoms with Crippen LogP contribution in [0.5, 0.6) is 5.75 Å². The third kappa shape index (κ3) is 5.48. The van der Waals surface area contributed by atoms with Gasteiger partial charge >= 0.3 is 12.5 Å². The Hall–Kier alpha value is -2.02. The van der Waals surface area contributed by atoms with E-state index < -0.39 is 50.3 Å². The molecule has 1 N–H and O–H groups in total. The molecule has 27 heavy (non-hydrogen) atoms. The Labute approximate surface area is 156 Å². The third-order valence-electron chi connectivity index (χ3n) is 2.96. The molecule has 0 saturated heterocycles. The van der Waals surface area contributed by atoms with Gasteiger partial charge in [0.25, 0.3) is 10.0 Å². The van der Waals surface area contributed by atoms with Crippen LogP contribution in [0, 0.1) is 5.82 Å². The van der Waals surface area contributed by atoms with Crippen molar-refractivity contribution < 1.29 is 43.9 Å².